The Bertz CT molecular complexity index is 975. The maximum Gasteiger partial charge on any atom is 0.490 e. The number of amides is 1. The monoisotopic (exact) mass is 533 g/mol. The number of nitrogens with one attached hydrogen (secondary N) is 1. The smallest absolute Gasteiger partial charge is 0.475 e. The third-order valence-electron chi connectivity index (χ3n) is 7.11. The van der Waals surface area contributed by atoms with E-state index in [0.29, 0.717) is 0 Å². The fraction of sp³-hybridized carbons (Fsp3) is 0.517. The van der Waals surface area contributed by atoms with E-state index in [2.05, 4.69) is 69.7 Å². The molecule has 0 saturated carbocycles. The van der Waals surface area contributed by atoms with E-state index in [1.54, 1.807) is 0 Å². The number of carbonyl (C=O) groups is 2. The number of carboxylic acid groups (broad SMARTS) is 1. The third kappa shape index (κ3) is 10.1. The van der Waals surface area contributed by atoms with Crippen molar-refractivity contribution in [2.24, 2.45) is 5.92 Å². The minimum absolute atomic E-state index is 0.0115. The van der Waals surface area contributed by atoms with Gasteiger partial charge in [0, 0.05) is 13.1 Å². The number of carboxylic acids is 1. The molecule has 38 heavy (non-hydrogen) atoms. The van der Waals surface area contributed by atoms with Crippen molar-refractivity contribution in [3.63, 3.8) is 0 Å². The molecule has 0 unspecified atom stereocenters. The highest BCUT2D eigenvalue weighted by molar-refractivity contribution is 5.82. The zero-order valence-electron chi connectivity index (χ0n) is 21.7. The standard InChI is InChI=1S/C27H37N3O.C2HF3O2/c31-27(26-13-7-16-28-26)30(22-25-11-5-2-6-12-25)18-8-17-29-19-14-24(15-20-29)21-23-9-3-1-4-10-23;3-2(4,5)1(6)7/h1-6,9-12,24,26,28H,7-8,13-22H2;(H,6,7)/t26-;/m0./s1. The number of hydrogen-bond donors (Lipinski definition) is 2. The highest BCUT2D eigenvalue weighted by atomic mass is 19.4. The van der Waals surface area contributed by atoms with Gasteiger partial charge < -0.3 is 20.2 Å². The Kier molecular flexibility index (Phi) is 11.6. The second kappa shape index (κ2) is 14.9. The minimum Gasteiger partial charge on any atom is -0.475 e. The predicted molar refractivity (Wildman–Crippen MR) is 141 cm³/mol. The average Bonchev–Trinajstić information content (AvgIpc) is 3.45. The normalized spacial score (nSPS) is 18.4. The van der Waals surface area contributed by atoms with Crippen LogP contribution in [0.1, 0.15) is 43.2 Å². The third-order valence-corrected chi connectivity index (χ3v) is 7.11. The lowest BCUT2D eigenvalue weighted by Gasteiger charge is -2.33. The molecule has 0 aliphatic carbocycles. The largest absolute Gasteiger partial charge is 0.490 e. The van der Waals surface area contributed by atoms with Crippen LogP contribution in [0.4, 0.5) is 13.2 Å². The SMILES string of the molecule is O=C(O)C(F)(F)F.O=C([C@@H]1CCCN1)N(CCCN1CCC(Cc2ccccc2)CC1)Cc1ccccc1. The van der Waals surface area contributed by atoms with Gasteiger partial charge in [0.2, 0.25) is 5.91 Å². The summed E-state index contributed by atoms with van der Waals surface area (Å²) in [6.45, 7) is 6.00. The van der Waals surface area contributed by atoms with E-state index >= 15 is 0 Å². The van der Waals surface area contributed by atoms with Crippen LogP contribution in [0.5, 0.6) is 0 Å². The summed E-state index contributed by atoms with van der Waals surface area (Å²) in [6, 6.07) is 21.3. The van der Waals surface area contributed by atoms with Crippen LogP contribution >= 0.6 is 0 Å². The molecule has 0 radical (unpaired) electrons. The Morgan fingerprint density at radius 3 is 2.05 bits per heavy atom. The summed E-state index contributed by atoms with van der Waals surface area (Å²) >= 11 is 0. The summed E-state index contributed by atoms with van der Waals surface area (Å²) in [5, 5.41) is 10.5. The molecule has 0 spiro atoms. The predicted octanol–water partition coefficient (Wildman–Crippen LogP) is 4.75. The number of alkyl halides is 3. The number of aliphatic carboxylic acids is 1. The fourth-order valence-corrected chi connectivity index (χ4v) is 5.03. The van der Waals surface area contributed by atoms with Crippen LogP contribution in [0, 0.1) is 5.92 Å². The van der Waals surface area contributed by atoms with Crippen LogP contribution < -0.4 is 5.32 Å². The topological polar surface area (TPSA) is 72.9 Å². The number of likely N-dealkylation sites (tertiary alicyclic amines) is 1. The van der Waals surface area contributed by atoms with Crippen molar-refractivity contribution in [1.29, 1.82) is 0 Å². The number of hydrogen-bond acceptors (Lipinski definition) is 4. The van der Waals surface area contributed by atoms with Gasteiger partial charge in [-0.2, -0.15) is 13.2 Å². The van der Waals surface area contributed by atoms with Crippen LogP contribution in [0.15, 0.2) is 60.7 Å². The van der Waals surface area contributed by atoms with Crippen molar-refractivity contribution in [2.45, 2.75) is 57.3 Å². The molecule has 1 atom stereocenters. The highest BCUT2D eigenvalue weighted by Crippen LogP contribution is 2.22. The summed E-state index contributed by atoms with van der Waals surface area (Å²) in [5.41, 5.74) is 2.69. The van der Waals surface area contributed by atoms with Gasteiger partial charge in [0.05, 0.1) is 6.04 Å². The van der Waals surface area contributed by atoms with Gasteiger partial charge in [0.1, 0.15) is 0 Å². The number of carbonyl (C=O) groups excluding carboxylic acids is 1. The van der Waals surface area contributed by atoms with Crippen molar-refractivity contribution < 1.29 is 27.9 Å². The summed E-state index contributed by atoms with van der Waals surface area (Å²) in [5.74, 6) is -1.67. The molecule has 2 heterocycles. The number of halogens is 3. The second-order valence-corrected chi connectivity index (χ2v) is 10.0. The van der Waals surface area contributed by atoms with E-state index in [4.69, 9.17) is 9.90 Å². The van der Waals surface area contributed by atoms with Gasteiger partial charge in [0.25, 0.3) is 0 Å². The Morgan fingerprint density at radius 1 is 0.947 bits per heavy atom. The van der Waals surface area contributed by atoms with Crippen molar-refractivity contribution in [3.05, 3.63) is 71.8 Å². The van der Waals surface area contributed by atoms with Crippen LogP contribution in [0.3, 0.4) is 0 Å². The average molecular weight is 534 g/mol. The molecule has 0 bridgehead atoms. The number of rotatable bonds is 9. The molecule has 2 aliphatic rings. The molecule has 0 aromatic heterocycles. The summed E-state index contributed by atoms with van der Waals surface area (Å²) in [4.78, 5) is 26.7. The summed E-state index contributed by atoms with van der Waals surface area (Å²) in [6.07, 6.45) is 1.82. The lowest BCUT2D eigenvalue weighted by Crippen LogP contribution is -2.44. The van der Waals surface area contributed by atoms with E-state index in [9.17, 15) is 18.0 Å². The molecule has 2 saturated heterocycles. The molecule has 2 fully saturated rings. The van der Waals surface area contributed by atoms with Crippen LogP contribution in [-0.2, 0) is 22.6 Å². The summed E-state index contributed by atoms with van der Waals surface area (Å²) in [7, 11) is 0. The number of piperidine rings is 1. The minimum atomic E-state index is -5.08. The zero-order valence-corrected chi connectivity index (χ0v) is 21.7. The first-order chi connectivity index (χ1) is 18.2. The molecule has 2 aromatic rings. The molecule has 2 aliphatic heterocycles. The zero-order chi connectivity index (χ0) is 27.4. The molecule has 1 amide bonds. The van der Waals surface area contributed by atoms with Gasteiger partial charge in [0.15, 0.2) is 0 Å². The van der Waals surface area contributed by atoms with E-state index in [1.165, 1.54) is 43.5 Å². The second-order valence-electron chi connectivity index (χ2n) is 10.0. The number of nitrogens with zero attached hydrogens (tertiary/aromatic N) is 2. The Balaban J connectivity index is 0.000000505. The fourth-order valence-electron chi connectivity index (χ4n) is 5.03. The molecule has 2 N–H and O–H groups in total. The molecule has 4 rings (SSSR count). The van der Waals surface area contributed by atoms with Gasteiger partial charge >= 0.3 is 12.1 Å². The van der Waals surface area contributed by atoms with Crippen LogP contribution in [-0.4, -0.2) is 71.7 Å². The number of benzene rings is 2. The Morgan fingerprint density at radius 2 is 1.53 bits per heavy atom. The Labute approximate surface area is 222 Å². The Hall–Kier alpha value is -2.91. The van der Waals surface area contributed by atoms with Gasteiger partial charge in [-0.25, -0.2) is 4.79 Å². The van der Waals surface area contributed by atoms with Gasteiger partial charge in [-0.15, -0.1) is 0 Å². The highest BCUT2D eigenvalue weighted by Gasteiger charge is 2.38. The van der Waals surface area contributed by atoms with E-state index in [-0.39, 0.29) is 11.9 Å². The molecule has 208 valence electrons. The van der Waals surface area contributed by atoms with E-state index in [1.807, 2.05) is 6.07 Å². The van der Waals surface area contributed by atoms with Crippen molar-refractivity contribution in [1.82, 2.24) is 15.1 Å². The van der Waals surface area contributed by atoms with Crippen LogP contribution in [0.2, 0.25) is 0 Å². The maximum atomic E-state index is 13.1. The first-order valence-corrected chi connectivity index (χ1v) is 13.3. The quantitative estimate of drug-likeness (QED) is 0.487. The van der Waals surface area contributed by atoms with E-state index in [0.717, 1.165) is 51.4 Å². The van der Waals surface area contributed by atoms with Crippen molar-refractivity contribution in [2.75, 3.05) is 32.7 Å². The molecule has 6 nitrogen and oxygen atoms in total. The molecule has 2 aromatic carbocycles. The van der Waals surface area contributed by atoms with Gasteiger partial charge in [-0.1, -0.05) is 60.7 Å². The van der Waals surface area contributed by atoms with Crippen LogP contribution in [0.25, 0.3) is 0 Å². The molecular weight excluding hydrogens is 495 g/mol. The summed E-state index contributed by atoms with van der Waals surface area (Å²) < 4.78 is 31.7. The van der Waals surface area contributed by atoms with Crippen molar-refractivity contribution >= 4 is 11.9 Å². The lowest BCUT2D eigenvalue weighted by molar-refractivity contribution is -0.192. The molecule has 9 heteroatoms. The first kappa shape index (κ1) is 29.6. The maximum absolute atomic E-state index is 13.1. The van der Waals surface area contributed by atoms with E-state index < -0.39 is 12.1 Å². The van der Waals surface area contributed by atoms with Gasteiger partial charge in [-0.3, -0.25) is 4.79 Å². The molecular formula is C29H38F3N3O3. The lowest BCUT2D eigenvalue weighted by atomic mass is 9.90. The van der Waals surface area contributed by atoms with Crippen molar-refractivity contribution in [3.8, 4) is 0 Å². The first-order valence-electron chi connectivity index (χ1n) is 13.3. The van der Waals surface area contributed by atoms with Gasteiger partial charge in [-0.05, 0) is 81.7 Å².